The van der Waals surface area contributed by atoms with Gasteiger partial charge in [-0.2, -0.15) is 0 Å². The molecule has 0 aromatic carbocycles. The lowest BCUT2D eigenvalue weighted by atomic mass is 10.2. The average Bonchev–Trinajstić information content (AvgIpc) is 2.86. The fraction of sp³-hybridized carbons (Fsp3) is 0.692. The number of nitrogens with one attached hydrogen (secondary N) is 1. The number of aliphatic hydroxyl groups is 1. The largest absolute Gasteiger partial charge is 0.394 e. The van der Waals surface area contributed by atoms with E-state index in [1.165, 1.54) is 10.8 Å². The first kappa shape index (κ1) is 15.9. The van der Waals surface area contributed by atoms with E-state index in [1.54, 1.807) is 14.0 Å². The van der Waals surface area contributed by atoms with Gasteiger partial charge in [-0.3, -0.25) is 14.3 Å². The summed E-state index contributed by atoms with van der Waals surface area (Å²) in [6, 6.07) is 0. The van der Waals surface area contributed by atoms with Crippen LogP contribution in [0.5, 0.6) is 0 Å². The van der Waals surface area contributed by atoms with Crippen molar-refractivity contribution in [3.63, 3.8) is 0 Å². The smallest absolute Gasteiger partial charge is 0.330 e. The minimum atomic E-state index is -0.679. The van der Waals surface area contributed by atoms with E-state index in [1.807, 2.05) is 0 Å². The van der Waals surface area contributed by atoms with Gasteiger partial charge >= 0.3 is 5.69 Å². The standard InChI is InChI=1S/C13H20N2O6/c1-8-6-15(13(18)14-11(8)17)12-10(20-4-3-19-2)5-9(7-16)21-12/h6,9-10,12,16H,3-5,7H2,1-2H3,(H,14,17,18). The second kappa shape index (κ2) is 6.99. The number of nitrogens with zero attached hydrogens (tertiary/aromatic N) is 1. The number of H-pyrrole nitrogens is 1. The predicted octanol–water partition coefficient (Wildman–Crippen LogP) is -0.844. The van der Waals surface area contributed by atoms with Gasteiger partial charge in [-0.1, -0.05) is 0 Å². The monoisotopic (exact) mass is 300 g/mol. The predicted molar refractivity (Wildman–Crippen MR) is 73.3 cm³/mol. The van der Waals surface area contributed by atoms with E-state index in [2.05, 4.69) is 4.98 Å². The van der Waals surface area contributed by atoms with Crippen LogP contribution in [0, 0.1) is 6.92 Å². The summed E-state index contributed by atoms with van der Waals surface area (Å²) in [5, 5.41) is 9.24. The van der Waals surface area contributed by atoms with E-state index < -0.39 is 23.6 Å². The Morgan fingerprint density at radius 1 is 1.48 bits per heavy atom. The van der Waals surface area contributed by atoms with Crippen LogP contribution >= 0.6 is 0 Å². The van der Waals surface area contributed by atoms with Crippen LogP contribution < -0.4 is 11.2 Å². The molecule has 0 bridgehead atoms. The summed E-state index contributed by atoms with van der Waals surface area (Å²) in [7, 11) is 1.57. The molecule has 1 aliphatic rings. The summed E-state index contributed by atoms with van der Waals surface area (Å²) >= 11 is 0. The zero-order chi connectivity index (χ0) is 15.4. The van der Waals surface area contributed by atoms with Gasteiger partial charge in [0.05, 0.1) is 25.9 Å². The Morgan fingerprint density at radius 2 is 2.24 bits per heavy atom. The molecule has 1 aliphatic heterocycles. The molecule has 3 unspecified atom stereocenters. The Bertz CT molecular complexity index is 581. The van der Waals surface area contributed by atoms with Gasteiger partial charge in [0.2, 0.25) is 0 Å². The van der Waals surface area contributed by atoms with Gasteiger partial charge in [-0.25, -0.2) is 4.79 Å². The highest BCUT2D eigenvalue weighted by Gasteiger charge is 2.37. The van der Waals surface area contributed by atoms with Crippen LogP contribution in [0.4, 0.5) is 0 Å². The maximum atomic E-state index is 11.9. The van der Waals surface area contributed by atoms with Gasteiger partial charge < -0.3 is 19.3 Å². The van der Waals surface area contributed by atoms with Crippen molar-refractivity contribution in [3.8, 4) is 0 Å². The first-order valence-electron chi connectivity index (χ1n) is 6.75. The lowest BCUT2D eigenvalue weighted by Gasteiger charge is -2.21. The summed E-state index contributed by atoms with van der Waals surface area (Å²) in [5.74, 6) is 0. The molecule has 0 spiro atoms. The van der Waals surface area contributed by atoms with Gasteiger partial charge in [0, 0.05) is 25.3 Å². The van der Waals surface area contributed by atoms with Crippen LogP contribution in [0.1, 0.15) is 18.2 Å². The summed E-state index contributed by atoms with van der Waals surface area (Å²) in [5.41, 5.74) is -0.583. The molecule has 0 amide bonds. The van der Waals surface area contributed by atoms with Crippen LogP contribution in [0.2, 0.25) is 0 Å². The summed E-state index contributed by atoms with van der Waals surface area (Å²) in [6.07, 6.45) is 0.442. The van der Waals surface area contributed by atoms with Crippen molar-refractivity contribution < 1.29 is 19.3 Å². The topological polar surface area (TPSA) is 103 Å². The first-order chi connectivity index (χ1) is 10.1. The summed E-state index contributed by atoms with van der Waals surface area (Å²) in [6.45, 7) is 2.23. The third-order valence-corrected chi connectivity index (χ3v) is 3.39. The molecule has 8 nitrogen and oxygen atoms in total. The maximum Gasteiger partial charge on any atom is 0.330 e. The Labute approximate surface area is 121 Å². The number of hydrogen-bond acceptors (Lipinski definition) is 6. The van der Waals surface area contributed by atoms with Crippen LogP contribution in [0.3, 0.4) is 0 Å². The van der Waals surface area contributed by atoms with Crippen molar-refractivity contribution in [3.05, 3.63) is 32.6 Å². The third kappa shape index (κ3) is 3.59. The van der Waals surface area contributed by atoms with Crippen molar-refractivity contribution in [1.82, 2.24) is 9.55 Å². The van der Waals surface area contributed by atoms with Crippen LogP contribution in [0.15, 0.2) is 15.8 Å². The van der Waals surface area contributed by atoms with Crippen molar-refractivity contribution in [2.24, 2.45) is 0 Å². The number of ether oxygens (including phenoxy) is 3. The number of rotatable bonds is 6. The highest BCUT2D eigenvalue weighted by atomic mass is 16.6. The first-order valence-corrected chi connectivity index (χ1v) is 6.75. The van der Waals surface area contributed by atoms with Crippen molar-refractivity contribution in [1.29, 1.82) is 0 Å². The number of aryl methyl sites for hydroxylation is 1. The number of hydrogen-bond donors (Lipinski definition) is 2. The Morgan fingerprint density at radius 3 is 2.90 bits per heavy atom. The summed E-state index contributed by atoms with van der Waals surface area (Å²) < 4.78 is 17.5. The lowest BCUT2D eigenvalue weighted by molar-refractivity contribution is -0.0787. The van der Waals surface area contributed by atoms with Gasteiger partial charge in [0.25, 0.3) is 5.56 Å². The zero-order valence-corrected chi connectivity index (χ0v) is 12.1. The number of aromatic amines is 1. The molecule has 2 rings (SSSR count). The molecule has 1 fully saturated rings. The SMILES string of the molecule is COCCOC1CC(CO)OC1n1cc(C)c(=O)[nH]c1=O. The molecule has 2 N–H and O–H groups in total. The molecule has 1 saturated heterocycles. The van der Waals surface area contributed by atoms with Crippen LogP contribution in [-0.2, 0) is 14.2 Å². The Kier molecular flexibility index (Phi) is 5.29. The lowest BCUT2D eigenvalue weighted by Crippen LogP contribution is -2.37. The fourth-order valence-corrected chi connectivity index (χ4v) is 2.29. The third-order valence-electron chi connectivity index (χ3n) is 3.39. The Hall–Kier alpha value is -1.48. The molecule has 21 heavy (non-hydrogen) atoms. The van der Waals surface area contributed by atoms with Gasteiger partial charge in [0.1, 0.15) is 6.10 Å². The quantitative estimate of drug-likeness (QED) is 0.664. The number of aromatic nitrogens is 2. The van der Waals surface area contributed by atoms with Crippen LogP contribution in [0.25, 0.3) is 0 Å². The highest BCUT2D eigenvalue weighted by molar-refractivity contribution is 5.02. The van der Waals surface area contributed by atoms with Crippen molar-refractivity contribution in [2.75, 3.05) is 26.9 Å². The van der Waals surface area contributed by atoms with Gasteiger partial charge in [0.15, 0.2) is 6.23 Å². The normalized spacial score (nSPS) is 25.4. The van der Waals surface area contributed by atoms with E-state index in [4.69, 9.17) is 14.2 Å². The van der Waals surface area contributed by atoms with Crippen molar-refractivity contribution >= 4 is 0 Å². The molecule has 118 valence electrons. The number of methoxy groups -OCH3 is 1. The van der Waals surface area contributed by atoms with E-state index in [-0.39, 0.29) is 12.7 Å². The second-order valence-electron chi connectivity index (χ2n) is 4.95. The minimum Gasteiger partial charge on any atom is -0.394 e. The van der Waals surface area contributed by atoms with Gasteiger partial charge in [-0.05, 0) is 6.92 Å². The maximum absolute atomic E-state index is 11.9. The molecule has 0 aliphatic carbocycles. The highest BCUT2D eigenvalue weighted by Crippen LogP contribution is 2.30. The molecule has 2 heterocycles. The molecule has 0 saturated carbocycles. The molecular weight excluding hydrogens is 280 g/mol. The molecular formula is C13H20N2O6. The van der Waals surface area contributed by atoms with Crippen molar-refractivity contribution in [2.45, 2.75) is 31.8 Å². The van der Waals surface area contributed by atoms with E-state index in [9.17, 15) is 14.7 Å². The van der Waals surface area contributed by atoms with Crippen LogP contribution in [-0.4, -0.2) is 53.8 Å². The average molecular weight is 300 g/mol. The summed E-state index contributed by atoms with van der Waals surface area (Å²) in [4.78, 5) is 25.6. The molecule has 3 atom stereocenters. The Balaban J connectivity index is 2.24. The zero-order valence-electron chi connectivity index (χ0n) is 12.1. The molecule has 1 aromatic rings. The van der Waals surface area contributed by atoms with E-state index >= 15 is 0 Å². The van der Waals surface area contributed by atoms with Gasteiger partial charge in [-0.15, -0.1) is 0 Å². The molecule has 8 heteroatoms. The second-order valence-corrected chi connectivity index (χ2v) is 4.95. The van der Waals surface area contributed by atoms with E-state index in [0.717, 1.165) is 0 Å². The minimum absolute atomic E-state index is 0.155. The fourth-order valence-electron chi connectivity index (χ4n) is 2.29. The molecule has 1 aromatic heterocycles. The molecule has 0 radical (unpaired) electrons. The van der Waals surface area contributed by atoms with E-state index in [0.29, 0.717) is 25.2 Å². The number of aliphatic hydroxyl groups excluding tert-OH is 1.